The second-order valence-electron chi connectivity index (χ2n) is 5.62. The molecule has 0 aliphatic heterocycles. The lowest BCUT2D eigenvalue weighted by molar-refractivity contribution is 0.554. The molecule has 2 nitrogen and oxygen atoms in total. The fourth-order valence-electron chi connectivity index (χ4n) is 1.67. The van der Waals surface area contributed by atoms with E-state index in [9.17, 15) is 12.8 Å². The molecule has 0 radical (unpaired) electrons. The van der Waals surface area contributed by atoms with E-state index in [0.29, 0.717) is 11.8 Å². The van der Waals surface area contributed by atoms with Crippen LogP contribution in [0.1, 0.15) is 38.7 Å². The van der Waals surface area contributed by atoms with Crippen molar-refractivity contribution in [2.24, 2.45) is 0 Å². The summed E-state index contributed by atoms with van der Waals surface area (Å²) in [6, 6.07) is 6.24. The van der Waals surface area contributed by atoms with Crippen LogP contribution in [0.5, 0.6) is 0 Å². The Morgan fingerprint density at radius 1 is 1.21 bits per heavy atom. The molecule has 0 aliphatic rings. The molecule has 0 bridgehead atoms. The molecule has 1 rings (SSSR count). The predicted molar refractivity (Wildman–Crippen MR) is 81.1 cm³/mol. The third-order valence-corrected chi connectivity index (χ3v) is 6.62. The Bertz CT molecular complexity index is 503. The van der Waals surface area contributed by atoms with Crippen molar-refractivity contribution in [1.29, 1.82) is 0 Å². The van der Waals surface area contributed by atoms with Crippen molar-refractivity contribution in [2.75, 3.05) is 11.1 Å². The summed E-state index contributed by atoms with van der Waals surface area (Å²) in [6.07, 6.45) is 0.538. The second kappa shape index (κ2) is 6.35. The zero-order chi connectivity index (χ0) is 14.7. The van der Waals surface area contributed by atoms with Gasteiger partial charge in [-0.05, 0) is 50.8 Å². The summed E-state index contributed by atoms with van der Waals surface area (Å²) in [4.78, 5) is 0. The molecule has 0 heterocycles. The Kier molecular flexibility index (Phi) is 5.56. The summed E-state index contributed by atoms with van der Waals surface area (Å²) in [5, 5.41) is 0.665. The Labute approximate surface area is 123 Å². The molecule has 1 atom stereocenters. The fourth-order valence-corrected chi connectivity index (χ4v) is 3.58. The third-order valence-electron chi connectivity index (χ3n) is 3.20. The van der Waals surface area contributed by atoms with Gasteiger partial charge in [0.25, 0.3) is 0 Å². The first-order chi connectivity index (χ1) is 8.67. The lowest BCUT2D eigenvalue weighted by atomic mass is 9.99. The lowest BCUT2D eigenvalue weighted by Gasteiger charge is -2.21. The highest BCUT2D eigenvalue weighted by Gasteiger charge is 2.29. The van der Waals surface area contributed by atoms with Gasteiger partial charge in [-0.3, -0.25) is 0 Å². The molecule has 0 aliphatic carbocycles. The van der Waals surface area contributed by atoms with Crippen molar-refractivity contribution in [1.82, 2.24) is 0 Å². The average molecular weight is 351 g/mol. The molecule has 108 valence electrons. The van der Waals surface area contributed by atoms with Crippen LogP contribution in [0.3, 0.4) is 0 Å². The van der Waals surface area contributed by atoms with Gasteiger partial charge in [0.2, 0.25) is 0 Å². The molecule has 0 saturated heterocycles. The van der Waals surface area contributed by atoms with Crippen molar-refractivity contribution in [3.05, 3.63) is 35.6 Å². The maximum Gasteiger partial charge on any atom is 0.155 e. The minimum absolute atomic E-state index is 0.0812. The van der Waals surface area contributed by atoms with Gasteiger partial charge in [-0.25, -0.2) is 12.8 Å². The zero-order valence-electron chi connectivity index (χ0n) is 11.5. The van der Waals surface area contributed by atoms with Gasteiger partial charge in [0.1, 0.15) is 5.82 Å². The Hall–Kier alpha value is -0.420. The smallest absolute Gasteiger partial charge is 0.155 e. The van der Waals surface area contributed by atoms with Gasteiger partial charge in [0, 0.05) is 5.33 Å². The van der Waals surface area contributed by atoms with E-state index in [4.69, 9.17) is 0 Å². The molecule has 1 unspecified atom stereocenters. The first-order valence-electron chi connectivity index (χ1n) is 6.21. The van der Waals surface area contributed by atoms with E-state index in [1.165, 1.54) is 12.1 Å². The van der Waals surface area contributed by atoms with Gasteiger partial charge in [-0.15, -0.1) is 0 Å². The van der Waals surface area contributed by atoms with E-state index in [2.05, 4.69) is 15.9 Å². The molecule has 19 heavy (non-hydrogen) atoms. The number of alkyl halides is 1. The van der Waals surface area contributed by atoms with Crippen molar-refractivity contribution in [2.45, 2.75) is 37.9 Å². The molecule has 0 fully saturated rings. The van der Waals surface area contributed by atoms with Crippen LogP contribution in [-0.2, 0) is 9.84 Å². The molecule has 0 spiro atoms. The van der Waals surface area contributed by atoms with E-state index < -0.39 is 14.6 Å². The topological polar surface area (TPSA) is 34.1 Å². The maximum absolute atomic E-state index is 12.9. The average Bonchev–Trinajstić information content (AvgIpc) is 2.30. The van der Waals surface area contributed by atoms with Crippen LogP contribution in [0.25, 0.3) is 0 Å². The van der Waals surface area contributed by atoms with Gasteiger partial charge in [-0.2, -0.15) is 0 Å². The van der Waals surface area contributed by atoms with E-state index >= 15 is 0 Å². The van der Waals surface area contributed by atoms with E-state index in [1.54, 1.807) is 32.9 Å². The molecular weight excluding hydrogens is 331 g/mol. The first-order valence-corrected chi connectivity index (χ1v) is 8.98. The van der Waals surface area contributed by atoms with Gasteiger partial charge in [0.05, 0.1) is 10.5 Å². The van der Waals surface area contributed by atoms with Crippen LogP contribution in [0.2, 0.25) is 0 Å². The van der Waals surface area contributed by atoms with Gasteiger partial charge in [0.15, 0.2) is 9.84 Å². The third kappa shape index (κ3) is 4.56. The highest BCUT2D eigenvalue weighted by molar-refractivity contribution is 9.09. The van der Waals surface area contributed by atoms with E-state index in [-0.39, 0.29) is 17.5 Å². The Morgan fingerprint density at radius 2 is 1.74 bits per heavy atom. The van der Waals surface area contributed by atoms with Gasteiger partial charge in [-0.1, -0.05) is 28.1 Å². The number of hydrogen-bond donors (Lipinski definition) is 0. The summed E-state index contributed by atoms with van der Waals surface area (Å²) in [7, 11) is -3.11. The monoisotopic (exact) mass is 350 g/mol. The van der Waals surface area contributed by atoms with Crippen molar-refractivity contribution in [3.8, 4) is 0 Å². The molecule has 1 aromatic rings. The highest BCUT2D eigenvalue weighted by Crippen LogP contribution is 2.25. The highest BCUT2D eigenvalue weighted by atomic mass is 79.9. The summed E-state index contributed by atoms with van der Waals surface area (Å²) >= 11 is 3.40. The molecule has 1 aromatic carbocycles. The minimum Gasteiger partial charge on any atom is -0.228 e. The summed E-state index contributed by atoms with van der Waals surface area (Å²) in [5.74, 6) is -0.0541. The second-order valence-corrected chi connectivity index (χ2v) is 9.13. The largest absolute Gasteiger partial charge is 0.228 e. The lowest BCUT2D eigenvalue weighted by Crippen LogP contribution is -2.31. The first kappa shape index (κ1) is 16.6. The molecule has 5 heteroatoms. The quantitative estimate of drug-likeness (QED) is 0.754. The summed E-state index contributed by atoms with van der Waals surface area (Å²) < 4.78 is 36.3. The Balaban J connectivity index is 2.77. The van der Waals surface area contributed by atoms with Crippen molar-refractivity contribution >= 4 is 25.8 Å². The summed E-state index contributed by atoms with van der Waals surface area (Å²) in [6.45, 7) is 5.14. The van der Waals surface area contributed by atoms with Gasteiger partial charge >= 0.3 is 0 Å². The molecule has 0 aromatic heterocycles. The summed E-state index contributed by atoms with van der Waals surface area (Å²) in [5.41, 5.74) is 0.961. The number of rotatable bonds is 5. The van der Waals surface area contributed by atoms with Crippen LogP contribution in [-0.4, -0.2) is 24.2 Å². The van der Waals surface area contributed by atoms with Crippen LogP contribution in [0.4, 0.5) is 4.39 Å². The minimum atomic E-state index is -3.11. The SMILES string of the molecule is CC(C)(C)S(=O)(=O)CCC(CBr)c1ccc(F)cc1. The van der Waals surface area contributed by atoms with E-state index in [0.717, 1.165) is 5.56 Å². The molecule has 0 saturated carbocycles. The molecule has 0 N–H and O–H groups in total. The van der Waals surface area contributed by atoms with Crippen LogP contribution < -0.4 is 0 Å². The van der Waals surface area contributed by atoms with Crippen LogP contribution in [0.15, 0.2) is 24.3 Å². The standard InChI is InChI=1S/C14H20BrFO2S/c1-14(2,3)19(17,18)9-8-12(10-15)11-4-6-13(16)7-5-11/h4-7,12H,8-10H2,1-3H3. The number of hydrogen-bond acceptors (Lipinski definition) is 2. The van der Waals surface area contributed by atoms with Gasteiger partial charge < -0.3 is 0 Å². The molecule has 0 amide bonds. The fraction of sp³-hybridized carbons (Fsp3) is 0.571. The number of sulfone groups is 1. The van der Waals surface area contributed by atoms with E-state index in [1.807, 2.05) is 0 Å². The maximum atomic E-state index is 12.9. The number of benzene rings is 1. The predicted octanol–water partition coefficient (Wildman–Crippen LogP) is 3.91. The van der Waals surface area contributed by atoms with Crippen molar-refractivity contribution in [3.63, 3.8) is 0 Å². The number of halogens is 2. The molecular formula is C14H20BrFO2S. The van der Waals surface area contributed by atoms with Crippen molar-refractivity contribution < 1.29 is 12.8 Å². The van der Waals surface area contributed by atoms with Crippen LogP contribution >= 0.6 is 15.9 Å². The Morgan fingerprint density at radius 3 is 2.16 bits per heavy atom. The van der Waals surface area contributed by atoms with Crippen LogP contribution in [0, 0.1) is 5.82 Å². The zero-order valence-corrected chi connectivity index (χ0v) is 13.9. The normalized spacial score (nSPS) is 14.4.